The first kappa shape index (κ1) is 9.71. The zero-order chi connectivity index (χ0) is 9.97. The van der Waals surface area contributed by atoms with E-state index >= 15 is 0 Å². The largest absolute Gasteiger partial charge is 0.316 e. The van der Waals surface area contributed by atoms with Gasteiger partial charge in [-0.15, -0.1) is 0 Å². The second kappa shape index (κ2) is 4.13. The summed E-state index contributed by atoms with van der Waals surface area (Å²) in [4.78, 5) is 0. The molecule has 0 aliphatic carbocycles. The minimum Gasteiger partial charge on any atom is -0.316 e. The van der Waals surface area contributed by atoms with Gasteiger partial charge >= 0.3 is 0 Å². The molecule has 3 nitrogen and oxygen atoms in total. The van der Waals surface area contributed by atoms with Crippen molar-refractivity contribution in [3.63, 3.8) is 0 Å². The highest BCUT2D eigenvalue weighted by atomic mass is 15.3. The number of nitrogens with one attached hydrogen (secondary N) is 1. The second-order valence-electron chi connectivity index (χ2n) is 4.15. The minimum atomic E-state index is 0.678. The summed E-state index contributed by atoms with van der Waals surface area (Å²) < 4.78 is 2.02. The summed E-state index contributed by atoms with van der Waals surface area (Å²) in [6.07, 6.45) is 4.43. The Morgan fingerprint density at radius 1 is 1.71 bits per heavy atom. The van der Waals surface area contributed by atoms with Crippen LogP contribution >= 0.6 is 0 Å². The van der Waals surface area contributed by atoms with Gasteiger partial charge < -0.3 is 5.32 Å². The molecule has 0 spiro atoms. The van der Waals surface area contributed by atoms with E-state index in [0.717, 1.165) is 5.92 Å². The Morgan fingerprint density at radius 2 is 2.57 bits per heavy atom. The zero-order valence-electron chi connectivity index (χ0n) is 9.03. The maximum atomic E-state index is 4.25. The maximum absolute atomic E-state index is 4.25. The van der Waals surface area contributed by atoms with Crippen molar-refractivity contribution < 1.29 is 0 Å². The number of nitrogens with zero attached hydrogens (tertiary/aromatic N) is 2. The summed E-state index contributed by atoms with van der Waals surface area (Å²) in [6.45, 7) is 4.62. The first-order valence-corrected chi connectivity index (χ1v) is 5.51. The average Bonchev–Trinajstić information content (AvgIpc) is 2.80. The lowest BCUT2D eigenvalue weighted by Gasteiger charge is -2.21. The topological polar surface area (TPSA) is 29.9 Å². The maximum Gasteiger partial charge on any atom is 0.0492 e. The van der Waals surface area contributed by atoms with Gasteiger partial charge in [0.05, 0.1) is 0 Å². The Bertz CT molecular complexity index is 286. The predicted octanol–water partition coefficient (Wildman–Crippen LogP) is 1.52. The second-order valence-corrected chi connectivity index (χ2v) is 4.15. The van der Waals surface area contributed by atoms with E-state index in [9.17, 15) is 0 Å². The van der Waals surface area contributed by atoms with E-state index in [0.29, 0.717) is 5.92 Å². The third-order valence-electron chi connectivity index (χ3n) is 3.35. The van der Waals surface area contributed by atoms with Gasteiger partial charge in [-0.2, -0.15) is 5.10 Å². The van der Waals surface area contributed by atoms with E-state index in [-0.39, 0.29) is 0 Å². The minimum absolute atomic E-state index is 0.678. The number of hydrogen-bond acceptors (Lipinski definition) is 2. The molecule has 0 amide bonds. The molecule has 78 valence electrons. The molecule has 0 bridgehead atoms. The fourth-order valence-electron chi connectivity index (χ4n) is 2.55. The lowest BCUT2D eigenvalue weighted by Crippen LogP contribution is -2.18. The fraction of sp³-hybridized carbons (Fsp3) is 0.727. The summed E-state index contributed by atoms with van der Waals surface area (Å²) in [5, 5.41) is 7.69. The molecule has 2 heterocycles. The van der Waals surface area contributed by atoms with Crippen LogP contribution in [-0.4, -0.2) is 22.9 Å². The molecule has 0 radical (unpaired) electrons. The van der Waals surface area contributed by atoms with Crippen LogP contribution in [0.25, 0.3) is 0 Å². The van der Waals surface area contributed by atoms with Crippen molar-refractivity contribution in [3.8, 4) is 0 Å². The Morgan fingerprint density at radius 3 is 3.07 bits per heavy atom. The summed E-state index contributed by atoms with van der Waals surface area (Å²) in [7, 11) is 2.04. The van der Waals surface area contributed by atoms with Gasteiger partial charge in [0.25, 0.3) is 0 Å². The van der Waals surface area contributed by atoms with Crippen molar-refractivity contribution in [1.82, 2.24) is 15.1 Å². The monoisotopic (exact) mass is 193 g/mol. The smallest absolute Gasteiger partial charge is 0.0492 e. The Hall–Kier alpha value is -0.830. The molecule has 1 fully saturated rings. The Kier molecular flexibility index (Phi) is 2.87. The summed E-state index contributed by atoms with van der Waals surface area (Å²) >= 11 is 0. The summed E-state index contributed by atoms with van der Waals surface area (Å²) in [5.41, 5.74) is 1.39. The van der Waals surface area contributed by atoms with Gasteiger partial charge in [0.2, 0.25) is 0 Å². The molecule has 1 saturated heterocycles. The molecule has 1 aromatic heterocycles. The van der Waals surface area contributed by atoms with E-state index in [1.54, 1.807) is 0 Å². The predicted molar refractivity (Wildman–Crippen MR) is 57.2 cm³/mol. The van der Waals surface area contributed by atoms with E-state index in [4.69, 9.17) is 0 Å². The highest BCUT2D eigenvalue weighted by Gasteiger charge is 2.26. The van der Waals surface area contributed by atoms with Crippen LogP contribution in [0.15, 0.2) is 12.3 Å². The van der Waals surface area contributed by atoms with E-state index < -0.39 is 0 Å². The molecule has 0 aromatic carbocycles. The first-order valence-electron chi connectivity index (χ1n) is 5.51. The molecule has 2 atom stereocenters. The number of hydrogen-bond donors (Lipinski definition) is 1. The summed E-state index contributed by atoms with van der Waals surface area (Å²) in [6, 6.07) is 2.16. The fourth-order valence-corrected chi connectivity index (χ4v) is 2.55. The number of aryl methyl sites for hydroxylation is 1. The van der Waals surface area contributed by atoms with Crippen LogP contribution in [-0.2, 0) is 7.05 Å². The van der Waals surface area contributed by atoms with Gasteiger partial charge in [0.15, 0.2) is 0 Å². The van der Waals surface area contributed by atoms with Crippen molar-refractivity contribution in [3.05, 3.63) is 18.0 Å². The van der Waals surface area contributed by atoms with E-state index in [1.165, 1.54) is 31.6 Å². The van der Waals surface area contributed by atoms with Gasteiger partial charge in [-0.3, -0.25) is 4.68 Å². The third-order valence-corrected chi connectivity index (χ3v) is 3.35. The molecule has 1 aliphatic rings. The first-order chi connectivity index (χ1) is 6.83. The average molecular weight is 193 g/mol. The molecule has 3 heteroatoms. The molecule has 1 N–H and O–H groups in total. The highest BCUT2D eigenvalue weighted by Crippen LogP contribution is 2.31. The Labute approximate surface area is 85.5 Å². The standard InChI is InChI=1S/C11H19N3/c1-3-10(9-4-6-12-8-9)11-5-7-13-14(11)2/h5,7,9-10,12H,3-4,6,8H2,1-2H3. The molecule has 2 unspecified atom stereocenters. The van der Waals surface area contributed by atoms with Crippen LogP contribution in [0.2, 0.25) is 0 Å². The van der Waals surface area contributed by atoms with Crippen LogP contribution in [0.1, 0.15) is 31.4 Å². The van der Waals surface area contributed by atoms with Crippen molar-refractivity contribution in [2.24, 2.45) is 13.0 Å². The third kappa shape index (κ3) is 1.69. The Balaban J connectivity index is 2.16. The molecule has 2 rings (SSSR count). The van der Waals surface area contributed by atoms with Crippen LogP contribution in [0.4, 0.5) is 0 Å². The summed E-state index contributed by atoms with van der Waals surface area (Å²) in [5.74, 6) is 1.48. The molecule has 1 aromatic rings. The zero-order valence-corrected chi connectivity index (χ0v) is 9.03. The van der Waals surface area contributed by atoms with Crippen LogP contribution < -0.4 is 5.32 Å². The van der Waals surface area contributed by atoms with Gasteiger partial charge in [-0.25, -0.2) is 0 Å². The van der Waals surface area contributed by atoms with Gasteiger partial charge in [0, 0.05) is 24.9 Å². The normalized spacial score (nSPS) is 24.0. The van der Waals surface area contributed by atoms with Crippen LogP contribution in [0.3, 0.4) is 0 Å². The quantitative estimate of drug-likeness (QED) is 0.789. The van der Waals surface area contributed by atoms with Gasteiger partial charge in [0.1, 0.15) is 0 Å². The lowest BCUT2D eigenvalue weighted by molar-refractivity contribution is 0.423. The van der Waals surface area contributed by atoms with Crippen molar-refractivity contribution >= 4 is 0 Å². The molecular formula is C11H19N3. The lowest BCUT2D eigenvalue weighted by atomic mass is 9.86. The van der Waals surface area contributed by atoms with Crippen LogP contribution in [0.5, 0.6) is 0 Å². The molecule has 14 heavy (non-hydrogen) atoms. The van der Waals surface area contributed by atoms with Gasteiger partial charge in [-0.1, -0.05) is 6.92 Å². The number of rotatable bonds is 3. The number of aromatic nitrogens is 2. The molecule has 0 saturated carbocycles. The SMILES string of the molecule is CCC(c1ccnn1C)C1CCNC1. The van der Waals surface area contributed by atoms with Crippen LogP contribution in [0, 0.1) is 5.92 Å². The van der Waals surface area contributed by atoms with Crippen molar-refractivity contribution in [1.29, 1.82) is 0 Å². The highest BCUT2D eigenvalue weighted by molar-refractivity contribution is 5.10. The van der Waals surface area contributed by atoms with Gasteiger partial charge in [-0.05, 0) is 37.9 Å². The molecular weight excluding hydrogens is 174 g/mol. The van der Waals surface area contributed by atoms with E-state index in [1.807, 2.05) is 17.9 Å². The van der Waals surface area contributed by atoms with Crippen molar-refractivity contribution in [2.45, 2.75) is 25.7 Å². The molecule has 1 aliphatic heterocycles. The van der Waals surface area contributed by atoms with E-state index in [2.05, 4.69) is 23.4 Å². The van der Waals surface area contributed by atoms with Crippen molar-refractivity contribution in [2.75, 3.05) is 13.1 Å².